The number of nitro groups is 1. The molecular formula is C25H23N3O7. The summed E-state index contributed by atoms with van der Waals surface area (Å²) in [5.41, 5.74) is 0.695. The first kappa shape index (κ1) is 24.9. The molecule has 2 N–H and O–H groups in total. The molecule has 10 heteroatoms. The predicted molar refractivity (Wildman–Crippen MR) is 127 cm³/mol. The molecule has 0 spiro atoms. The van der Waals surface area contributed by atoms with Gasteiger partial charge in [0.25, 0.3) is 17.5 Å². The van der Waals surface area contributed by atoms with Crippen molar-refractivity contribution in [1.82, 2.24) is 5.32 Å². The molecule has 0 aliphatic heterocycles. The van der Waals surface area contributed by atoms with E-state index in [4.69, 9.17) is 9.47 Å². The topological polar surface area (TPSA) is 137 Å². The van der Waals surface area contributed by atoms with Gasteiger partial charge in [0.2, 0.25) is 0 Å². The van der Waals surface area contributed by atoms with Crippen LogP contribution < -0.4 is 15.4 Å². The Hall–Kier alpha value is -4.73. The van der Waals surface area contributed by atoms with Gasteiger partial charge in [-0.15, -0.1) is 0 Å². The monoisotopic (exact) mass is 477 g/mol. The molecule has 0 saturated heterocycles. The van der Waals surface area contributed by atoms with Gasteiger partial charge in [0.1, 0.15) is 11.4 Å². The van der Waals surface area contributed by atoms with Gasteiger partial charge >= 0.3 is 5.97 Å². The van der Waals surface area contributed by atoms with Crippen molar-refractivity contribution in [3.63, 3.8) is 0 Å². The number of carbonyl (C=O) groups excluding carboxylic acids is 3. The number of amides is 2. The number of benzene rings is 3. The first-order chi connectivity index (χ1) is 16.9. The summed E-state index contributed by atoms with van der Waals surface area (Å²) >= 11 is 0. The third kappa shape index (κ3) is 7.13. The lowest BCUT2D eigenvalue weighted by molar-refractivity contribution is -0.384. The van der Waals surface area contributed by atoms with Crippen LogP contribution in [0.2, 0.25) is 0 Å². The SMILES string of the molecule is COc1ccc(NC(=O)COC(=O)CC(NC(=O)c2ccccc2)c2ccccc2)c([N+](=O)[O-])c1. The van der Waals surface area contributed by atoms with E-state index in [1.54, 1.807) is 60.7 Å². The molecule has 3 rings (SSSR count). The number of esters is 1. The predicted octanol–water partition coefficient (Wildman–Crippen LogP) is 3.65. The average Bonchev–Trinajstić information content (AvgIpc) is 2.88. The minimum Gasteiger partial charge on any atom is -0.496 e. The number of carbonyl (C=O) groups is 3. The zero-order valence-electron chi connectivity index (χ0n) is 18.8. The molecule has 3 aromatic rings. The van der Waals surface area contributed by atoms with Crippen LogP contribution in [0.4, 0.5) is 11.4 Å². The number of anilines is 1. The van der Waals surface area contributed by atoms with Crippen LogP contribution in [0.5, 0.6) is 5.75 Å². The van der Waals surface area contributed by atoms with Crippen molar-refractivity contribution in [1.29, 1.82) is 0 Å². The molecule has 0 aromatic heterocycles. The normalized spacial score (nSPS) is 11.1. The van der Waals surface area contributed by atoms with E-state index in [9.17, 15) is 24.5 Å². The molecule has 1 atom stereocenters. The molecule has 0 radical (unpaired) electrons. The fourth-order valence-electron chi connectivity index (χ4n) is 3.22. The summed E-state index contributed by atoms with van der Waals surface area (Å²) in [4.78, 5) is 48.0. The average molecular weight is 477 g/mol. The van der Waals surface area contributed by atoms with Crippen molar-refractivity contribution in [2.45, 2.75) is 12.5 Å². The molecule has 1 unspecified atom stereocenters. The molecule has 0 aliphatic rings. The fourth-order valence-corrected chi connectivity index (χ4v) is 3.22. The number of nitro benzene ring substituents is 1. The molecule has 0 saturated carbocycles. The number of ether oxygens (including phenoxy) is 2. The summed E-state index contributed by atoms with van der Waals surface area (Å²) < 4.78 is 10.0. The van der Waals surface area contributed by atoms with Crippen LogP contribution >= 0.6 is 0 Å². The lowest BCUT2D eigenvalue weighted by Crippen LogP contribution is -2.31. The Morgan fingerprint density at radius 2 is 1.63 bits per heavy atom. The summed E-state index contributed by atoms with van der Waals surface area (Å²) in [6, 6.07) is 20.7. The minimum atomic E-state index is -0.754. The first-order valence-corrected chi connectivity index (χ1v) is 10.6. The molecule has 3 aromatic carbocycles. The molecule has 35 heavy (non-hydrogen) atoms. The van der Waals surface area contributed by atoms with Gasteiger partial charge in [-0.3, -0.25) is 24.5 Å². The van der Waals surface area contributed by atoms with Crippen LogP contribution in [0.25, 0.3) is 0 Å². The molecule has 180 valence electrons. The van der Waals surface area contributed by atoms with Crippen molar-refractivity contribution in [2.75, 3.05) is 19.0 Å². The zero-order valence-corrected chi connectivity index (χ0v) is 18.8. The van der Waals surface area contributed by atoms with E-state index in [2.05, 4.69) is 10.6 Å². The number of hydrogen-bond donors (Lipinski definition) is 2. The van der Waals surface area contributed by atoms with Crippen molar-refractivity contribution in [3.8, 4) is 5.75 Å². The van der Waals surface area contributed by atoms with Crippen LogP contribution in [-0.2, 0) is 14.3 Å². The Labute approximate surface area is 201 Å². The van der Waals surface area contributed by atoms with E-state index in [-0.39, 0.29) is 29.5 Å². The van der Waals surface area contributed by atoms with Gasteiger partial charge in [0.05, 0.1) is 30.6 Å². The molecule has 10 nitrogen and oxygen atoms in total. The van der Waals surface area contributed by atoms with Crippen LogP contribution in [-0.4, -0.2) is 36.4 Å². The molecule has 0 aliphatic carbocycles. The molecular weight excluding hydrogens is 454 g/mol. The van der Waals surface area contributed by atoms with E-state index in [1.165, 1.54) is 25.3 Å². The van der Waals surface area contributed by atoms with E-state index in [1.807, 2.05) is 0 Å². The van der Waals surface area contributed by atoms with Gasteiger partial charge in [-0.25, -0.2) is 0 Å². The maximum absolute atomic E-state index is 12.6. The second kappa shape index (κ2) is 11.9. The third-order valence-corrected chi connectivity index (χ3v) is 4.95. The number of nitrogens with one attached hydrogen (secondary N) is 2. The molecule has 0 fully saturated rings. The molecule has 0 heterocycles. The van der Waals surface area contributed by atoms with Gasteiger partial charge in [-0.1, -0.05) is 48.5 Å². The summed E-state index contributed by atoms with van der Waals surface area (Å²) in [5, 5.41) is 16.4. The van der Waals surface area contributed by atoms with Gasteiger partial charge in [-0.2, -0.15) is 0 Å². The van der Waals surface area contributed by atoms with Gasteiger partial charge in [-0.05, 0) is 29.8 Å². The number of hydrogen-bond acceptors (Lipinski definition) is 7. The van der Waals surface area contributed by atoms with Crippen LogP contribution in [0, 0.1) is 10.1 Å². The fraction of sp³-hybridized carbons (Fsp3) is 0.160. The lowest BCUT2D eigenvalue weighted by Gasteiger charge is -2.19. The van der Waals surface area contributed by atoms with Crippen molar-refractivity contribution < 1.29 is 28.8 Å². The summed E-state index contributed by atoms with van der Waals surface area (Å²) in [5.74, 6) is -1.59. The van der Waals surface area contributed by atoms with E-state index >= 15 is 0 Å². The first-order valence-electron chi connectivity index (χ1n) is 10.6. The van der Waals surface area contributed by atoms with Crippen LogP contribution in [0.1, 0.15) is 28.4 Å². The maximum atomic E-state index is 12.6. The largest absolute Gasteiger partial charge is 0.496 e. The smallest absolute Gasteiger partial charge is 0.308 e. The maximum Gasteiger partial charge on any atom is 0.308 e. The lowest BCUT2D eigenvalue weighted by atomic mass is 10.0. The summed E-state index contributed by atoms with van der Waals surface area (Å²) in [6.07, 6.45) is -0.224. The number of rotatable bonds is 10. The van der Waals surface area contributed by atoms with Gasteiger partial charge in [0, 0.05) is 5.56 Å². The van der Waals surface area contributed by atoms with Gasteiger partial charge in [0.15, 0.2) is 6.61 Å². The van der Waals surface area contributed by atoms with Crippen molar-refractivity contribution in [2.24, 2.45) is 0 Å². The van der Waals surface area contributed by atoms with Crippen molar-refractivity contribution >= 4 is 29.2 Å². The zero-order chi connectivity index (χ0) is 25.2. The Morgan fingerprint density at radius 1 is 0.971 bits per heavy atom. The highest BCUT2D eigenvalue weighted by Crippen LogP contribution is 2.29. The number of nitrogens with zero attached hydrogens (tertiary/aromatic N) is 1. The van der Waals surface area contributed by atoms with E-state index in [0.29, 0.717) is 11.1 Å². The molecule has 0 bridgehead atoms. The second-order valence-corrected chi connectivity index (χ2v) is 7.36. The van der Waals surface area contributed by atoms with Crippen LogP contribution in [0.15, 0.2) is 78.9 Å². The Kier molecular flexibility index (Phi) is 8.49. The summed E-state index contributed by atoms with van der Waals surface area (Å²) in [6.45, 7) is -0.657. The highest BCUT2D eigenvalue weighted by atomic mass is 16.6. The quantitative estimate of drug-likeness (QED) is 0.258. The van der Waals surface area contributed by atoms with Crippen LogP contribution in [0.3, 0.4) is 0 Å². The van der Waals surface area contributed by atoms with E-state index < -0.39 is 29.4 Å². The Balaban J connectivity index is 1.62. The standard InChI is InChI=1S/C25H23N3O7/c1-34-19-12-13-20(22(14-19)28(32)33)26-23(29)16-35-24(30)15-21(17-8-4-2-5-9-17)27-25(31)18-10-6-3-7-11-18/h2-14,21H,15-16H2,1H3,(H,26,29)(H,27,31). The minimum absolute atomic E-state index is 0.0610. The highest BCUT2D eigenvalue weighted by molar-refractivity contribution is 5.96. The summed E-state index contributed by atoms with van der Waals surface area (Å²) in [7, 11) is 1.36. The molecule has 2 amide bonds. The highest BCUT2D eigenvalue weighted by Gasteiger charge is 2.22. The van der Waals surface area contributed by atoms with Gasteiger partial charge < -0.3 is 20.1 Å². The second-order valence-electron chi connectivity index (χ2n) is 7.36. The third-order valence-electron chi connectivity index (χ3n) is 4.95. The number of methoxy groups -OCH3 is 1. The Morgan fingerprint density at radius 3 is 2.26 bits per heavy atom. The van der Waals surface area contributed by atoms with E-state index in [0.717, 1.165) is 0 Å². The van der Waals surface area contributed by atoms with Crippen molar-refractivity contribution in [3.05, 3.63) is 100 Å². The Bertz CT molecular complexity index is 1200.